The zero-order chi connectivity index (χ0) is 11.9. The van der Waals surface area contributed by atoms with Gasteiger partial charge in [0.2, 0.25) is 5.91 Å². The molecular weight excluding hydrogens is 194 g/mol. The maximum atomic E-state index is 11.7. The fraction of sp³-hybridized carbons (Fsp3) is 0.818. The van der Waals surface area contributed by atoms with E-state index >= 15 is 0 Å². The smallest absolute Gasteiger partial charge is 0.307 e. The van der Waals surface area contributed by atoms with E-state index in [2.05, 4.69) is 10.1 Å². The first-order valence-electron chi connectivity index (χ1n) is 5.29. The predicted octanol–water partition coefficient (Wildman–Crippen LogP) is 1.49. The van der Waals surface area contributed by atoms with Crippen LogP contribution >= 0.6 is 0 Å². The van der Waals surface area contributed by atoms with E-state index in [1.54, 1.807) is 0 Å². The molecular formula is C11H21NO3. The molecule has 0 aliphatic carbocycles. The summed E-state index contributed by atoms with van der Waals surface area (Å²) in [5.41, 5.74) is -0.356. The molecule has 4 nitrogen and oxygen atoms in total. The van der Waals surface area contributed by atoms with Crippen LogP contribution in [0.1, 0.15) is 40.0 Å². The molecule has 0 radical (unpaired) electrons. The molecule has 0 bridgehead atoms. The molecule has 4 heteroatoms. The van der Waals surface area contributed by atoms with Crippen LogP contribution in [0.3, 0.4) is 0 Å². The third-order valence-electron chi connectivity index (χ3n) is 2.33. The van der Waals surface area contributed by atoms with E-state index in [1.807, 2.05) is 20.8 Å². The quantitative estimate of drug-likeness (QED) is 0.683. The normalized spacial score (nSPS) is 10.9. The number of esters is 1. The molecule has 0 spiro atoms. The van der Waals surface area contributed by atoms with Crippen LogP contribution in [0.15, 0.2) is 0 Å². The summed E-state index contributed by atoms with van der Waals surface area (Å²) in [4.78, 5) is 22.5. The number of methoxy groups -OCH3 is 1. The number of ether oxygens (including phenoxy) is 1. The molecule has 1 N–H and O–H groups in total. The summed E-state index contributed by atoms with van der Waals surface area (Å²) in [5.74, 6) is -0.308. The third-order valence-corrected chi connectivity index (χ3v) is 2.33. The van der Waals surface area contributed by atoms with E-state index in [-0.39, 0.29) is 23.7 Å². The predicted molar refractivity (Wildman–Crippen MR) is 58.3 cm³/mol. The highest BCUT2D eigenvalue weighted by Crippen LogP contribution is 2.21. The lowest BCUT2D eigenvalue weighted by Gasteiger charge is -2.22. The fourth-order valence-corrected chi connectivity index (χ4v) is 1.36. The van der Waals surface area contributed by atoms with Gasteiger partial charge in [-0.15, -0.1) is 0 Å². The molecule has 0 unspecified atom stereocenters. The van der Waals surface area contributed by atoms with E-state index < -0.39 is 0 Å². The van der Waals surface area contributed by atoms with Crippen molar-refractivity contribution < 1.29 is 14.3 Å². The van der Waals surface area contributed by atoms with Crippen LogP contribution in [0, 0.1) is 5.41 Å². The van der Waals surface area contributed by atoms with Gasteiger partial charge in [0, 0.05) is 12.0 Å². The van der Waals surface area contributed by atoms with Crippen LogP contribution in [-0.2, 0) is 14.3 Å². The van der Waals surface area contributed by atoms with Crippen LogP contribution in [0.4, 0.5) is 0 Å². The summed E-state index contributed by atoms with van der Waals surface area (Å²) < 4.78 is 4.47. The van der Waals surface area contributed by atoms with Gasteiger partial charge in [0.15, 0.2) is 0 Å². The Labute approximate surface area is 91.4 Å². The number of carbonyl (C=O) groups is 2. The molecule has 0 aromatic heterocycles. The standard InChI is InChI=1S/C11H21NO3/c1-5-7-11(2,3)10(14)12-8-6-9(13)15-4/h5-8H2,1-4H3,(H,12,14). The molecule has 0 aliphatic rings. The second-order valence-corrected chi connectivity index (χ2v) is 4.22. The van der Waals surface area contributed by atoms with Crippen molar-refractivity contribution in [1.82, 2.24) is 5.32 Å². The van der Waals surface area contributed by atoms with Crippen molar-refractivity contribution in [2.24, 2.45) is 5.41 Å². The Morgan fingerprint density at radius 1 is 1.33 bits per heavy atom. The van der Waals surface area contributed by atoms with E-state index in [9.17, 15) is 9.59 Å². The first-order chi connectivity index (χ1) is 6.94. The fourth-order valence-electron chi connectivity index (χ4n) is 1.36. The van der Waals surface area contributed by atoms with Crippen LogP contribution in [0.2, 0.25) is 0 Å². The molecule has 0 saturated carbocycles. The first-order valence-corrected chi connectivity index (χ1v) is 5.29. The third kappa shape index (κ3) is 5.40. The topological polar surface area (TPSA) is 55.4 Å². The van der Waals surface area contributed by atoms with Crippen LogP contribution in [0.5, 0.6) is 0 Å². The zero-order valence-corrected chi connectivity index (χ0v) is 10.1. The Morgan fingerprint density at radius 2 is 1.93 bits per heavy atom. The van der Waals surface area contributed by atoms with Gasteiger partial charge < -0.3 is 10.1 Å². The minimum Gasteiger partial charge on any atom is -0.469 e. The van der Waals surface area contributed by atoms with Crippen LogP contribution in [0.25, 0.3) is 0 Å². The molecule has 0 atom stereocenters. The molecule has 1 amide bonds. The van der Waals surface area contributed by atoms with Gasteiger partial charge in [-0.1, -0.05) is 27.2 Å². The van der Waals surface area contributed by atoms with Gasteiger partial charge >= 0.3 is 5.97 Å². The lowest BCUT2D eigenvalue weighted by atomic mass is 9.87. The number of nitrogens with one attached hydrogen (secondary N) is 1. The molecule has 0 saturated heterocycles. The molecule has 0 aromatic rings. The Hall–Kier alpha value is -1.06. The largest absolute Gasteiger partial charge is 0.469 e. The second kappa shape index (κ2) is 6.43. The summed E-state index contributed by atoms with van der Waals surface area (Å²) in [7, 11) is 1.34. The van der Waals surface area contributed by atoms with Crippen molar-refractivity contribution in [2.75, 3.05) is 13.7 Å². The van der Waals surface area contributed by atoms with Crippen molar-refractivity contribution in [3.05, 3.63) is 0 Å². The summed E-state index contributed by atoms with van der Waals surface area (Å²) in [6, 6.07) is 0. The Kier molecular flexibility index (Phi) is 5.97. The summed E-state index contributed by atoms with van der Waals surface area (Å²) in [6.07, 6.45) is 2.04. The van der Waals surface area contributed by atoms with E-state index in [0.29, 0.717) is 6.54 Å². The van der Waals surface area contributed by atoms with Gasteiger partial charge in [-0.3, -0.25) is 9.59 Å². The molecule has 0 aliphatic heterocycles. The van der Waals surface area contributed by atoms with Crippen molar-refractivity contribution in [2.45, 2.75) is 40.0 Å². The lowest BCUT2D eigenvalue weighted by Crippen LogP contribution is -2.37. The molecule has 15 heavy (non-hydrogen) atoms. The number of carbonyl (C=O) groups excluding carboxylic acids is 2. The van der Waals surface area contributed by atoms with Gasteiger partial charge in [-0.2, -0.15) is 0 Å². The highest BCUT2D eigenvalue weighted by atomic mass is 16.5. The van der Waals surface area contributed by atoms with E-state index in [4.69, 9.17) is 0 Å². The zero-order valence-electron chi connectivity index (χ0n) is 10.1. The SMILES string of the molecule is CCCC(C)(C)C(=O)NCCC(=O)OC. The van der Waals surface area contributed by atoms with Crippen molar-refractivity contribution in [1.29, 1.82) is 0 Å². The number of amides is 1. The van der Waals surface area contributed by atoms with Crippen molar-refractivity contribution >= 4 is 11.9 Å². The monoisotopic (exact) mass is 215 g/mol. The number of hydrogen-bond donors (Lipinski definition) is 1. The highest BCUT2D eigenvalue weighted by Gasteiger charge is 2.25. The minimum atomic E-state index is -0.356. The number of rotatable bonds is 6. The second-order valence-electron chi connectivity index (χ2n) is 4.22. The Morgan fingerprint density at radius 3 is 2.40 bits per heavy atom. The molecule has 0 fully saturated rings. The van der Waals surface area contributed by atoms with Gasteiger partial charge in [0.25, 0.3) is 0 Å². The Balaban J connectivity index is 3.88. The molecule has 0 aromatic carbocycles. The van der Waals surface area contributed by atoms with Gasteiger partial charge in [0.05, 0.1) is 13.5 Å². The lowest BCUT2D eigenvalue weighted by molar-refractivity contribution is -0.140. The van der Waals surface area contributed by atoms with Gasteiger partial charge in [-0.05, 0) is 6.42 Å². The van der Waals surface area contributed by atoms with Gasteiger partial charge in [-0.25, -0.2) is 0 Å². The van der Waals surface area contributed by atoms with Crippen molar-refractivity contribution in [3.8, 4) is 0 Å². The maximum absolute atomic E-state index is 11.7. The maximum Gasteiger partial charge on any atom is 0.307 e. The summed E-state index contributed by atoms with van der Waals surface area (Å²) in [5, 5.41) is 2.73. The molecule has 88 valence electrons. The van der Waals surface area contributed by atoms with Crippen LogP contribution < -0.4 is 5.32 Å². The Bertz CT molecular complexity index is 224. The van der Waals surface area contributed by atoms with E-state index in [1.165, 1.54) is 7.11 Å². The van der Waals surface area contributed by atoms with Crippen LogP contribution in [-0.4, -0.2) is 25.5 Å². The molecule has 0 heterocycles. The van der Waals surface area contributed by atoms with E-state index in [0.717, 1.165) is 12.8 Å². The van der Waals surface area contributed by atoms with Gasteiger partial charge in [0.1, 0.15) is 0 Å². The summed E-state index contributed by atoms with van der Waals surface area (Å²) >= 11 is 0. The molecule has 0 rings (SSSR count). The average molecular weight is 215 g/mol. The summed E-state index contributed by atoms with van der Waals surface area (Å²) in [6.45, 7) is 6.20. The average Bonchev–Trinajstić information content (AvgIpc) is 2.17. The highest BCUT2D eigenvalue weighted by molar-refractivity contribution is 5.82. The first kappa shape index (κ1) is 13.9. The van der Waals surface area contributed by atoms with Crippen molar-refractivity contribution in [3.63, 3.8) is 0 Å². The number of hydrogen-bond acceptors (Lipinski definition) is 3. The minimum absolute atomic E-state index is 0.00625.